The second-order valence-corrected chi connectivity index (χ2v) is 5.81. The summed E-state index contributed by atoms with van der Waals surface area (Å²) in [7, 11) is 0. The number of carbonyl (C=O) groups is 2. The Balaban J connectivity index is 1.86. The van der Waals surface area contributed by atoms with Gasteiger partial charge in [0.15, 0.2) is 0 Å². The molecular formula is C17H13ClFNO3. The third kappa shape index (κ3) is 3.05. The maximum Gasteiger partial charge on any atom is 0.335 e. The van der Waals surface area contributed by atoms with Gasteiger partial charge in [-0.1, -0.05) is 17.7 Å². The summed E-state index contributed by atoms with van der Waals surface area (Å²) in [6.07, 6.45) is 1.41. The highest BCUT2D eigenvalue weighted by molar-refractivity contribution is 6.33. The molecule has 0 aromatic heterocycles. The third-order valence-corrected chi connectivity index (χ3v) is 4.28. The van der Waals surface area contributed by atoms with Crippen LogP contribution in [0.2, 0.25) is 5.02 Å². The van der Waals surface area contributed by atoms with Gasteiger partial charge in [-0.2, -0.15) is 0 Å². The van der Waals surface area contributed by atoms with Crippen LogP contribution in [0.15, 0.2) is 36.4 Å². The van der Waals surface area contributed by atoms with Crippen molar-refractivity contribution in [2.75, 3.05) is 0 Å². The molecule has 0 spiro atoms. The van der Waals surface area contributed by atoms with Gasteiger partial charge in [0.25, 0.3) is 5.91 Å². The Morgan fingerprint density at radius 3 is 2.74 bits per heavy atom. The van der Waals surface area contributed by atoms with Crippen molar-refractivity contribution in [3.63, 3.8) is 0 Å². The summed E-state index contributed by atoms with van der Waals surface area (Å²) in [5.41, 5.74) is 2.03. The van der Waals surface area contributed by atoms with E-state index in [0.29, 0.717) is 6.42 Å². The summed E-state index contributed by atoms with van der Waals surface area (Å²) >= 11 is 5.94. The Hall–Kier alpha value is -2.40. The molecule has 3 rings (SSSR count). The number of benzene rings is 2. The van der Waals surface area contributed by atoms with Crippen LogP contribution in [0.5, 0.6) is 0 Å². The van der Waals surface area contributed by atoms with Crippen molar-refractivity contribution in [2.24, 2.45) is 0 Å². The van der Waals surface area contributed by atoms with Gasteiger partial charge in [0.05, 0.1) is 22.2 Å². The Labute approximate surface area is 136 Å². The van der Waals surface area contributed by atoms with Gasteiger partial charge < -0.3 is 10.4 Å². The molecule has 0 bridgehead atoms. The lowest BCUT2D eigenvalue weighted by Crippen LogP contribution is -2.27. The van der Waals surface area contributed by atoms with Crippen molar-refractivity contribution < 1.29 is 19.1 Å². The van der Waals surface area contributed by atoms with Crippen LogP contribution in [0, 0.1) is 5.82 Å². The van der Waals surface area contributed by atoms with E-state index in [1.54, 1.807) is 18.2 Å². The molecule has 1 amide bonds. The molecule has 0 aliphatic heterocycles. The molecule has 1 aliphatic carbocycles. The van der Waals surface area contributed by atoms with Gasteiger partial charge in [0, 0.05) is 0 Å². The number of aromatic carboxylic acids is 1. The zero-order valence-corrected chi connectivity index (χ0v) is 12.7. The summed E-state index contributed by atoms with van der Waals surface area (Å²) in [6.45, 7) is 0. The fourth-order valence-corrected chi connectivity index (χ4v) is 3.00. The molecule has 2 aromatic rings. The first kappa shape index (κ1) is 15.5. The van der Waals surface area contributed by atoms with Crippen molar-refractivity contribution in [1.29, 1.82) is 0 Å². The number of hydrogen-bond acceptors (Lipinski definition) is 2. The van der Waals surface area contributed by atoms with Crippen LogP contribution >= 0.6 is 11.6 Å². The van der Waals surface area contributed by atoms with E-state index in [-0.39, 0.29) is 22.2 Å². The molecule has 0 fully saturated rings. The SMILES string of the molecule is O=C(O)c1ccc2c(c1)C(NC(=O)c1cc(F)ccc1Cl)CC2. The Bertz CT molecular complexity index is 806. The molecule has 1 atom stereocenters. The highest BCUT2D eigenvalue weighted by Gasteiger charge is 2.26. The van der Waals surface area contributed by atoms with Gasteiger partial charge in [0.2, 0.25) is 0 Å². The zero-order chi connectivity index (χ0) is 16.6. The molecule has 1 aliphatic rings. The maximum atomic E-state index is 13.3. The average Bonchev–Trinajstić information content (AvgIpc) is 2.92. The number of nitrogens with one attached hydrogen (secondary N) is 1. The predicted molar refractivity (Wildman–Crippen MR) is 83.3 cm³/mol. The van der Waals surface area contributed by atoms with Crippen molar-refractivity contribution in [3.8, 4) is 0 Å². The number of carbonyl (C=O) groups excluding carboxylic acids is 1. The summed E-state index contributed by atoms with van der Waals surface area (Å²) in [5.74, 6) is -2.04. The van der Waals surface area contributed by atoms with Gasteiger partial charge in [0.1, 0.15) is 5.82 Å². The van der Waals surface area contributed by atoms with Gasteiger partial charge >= 0.3 is 5.97 Å². The van der Waals surface area contributed by atoms with Crippen LogP contribution < -0.4 is 5.32 Å². The molecule has 4 nitrogen and oxygen atoms in total. The normalized spacial score (nSPS) is 16.0. The number of carboxylic acid groups (broad SMARTS) is 1. The van der Waals surface area contributed by atoms with Crippen LogP contribution in [0.3, 0.4) is 0 Å². The number of hydrogen-bond donors (Lipinski definition) is 2. The van der Waals surface area contributed by atoms with Crippen LogP contribution in [-0.4, -0.2) is 17.0 Å². The summed E-state index contributed by atoms with van der Waals surface area (Å²) < 4.78 is 13.3. The van der Waals surface area contributed by atoms with Gasteiger partial charge in [-0.15, -0.1) is 0 Å². The number of rotatable bonds is 3. The Kier molecular flexibility index (Phi) is 4.05. The van der Waals surface area contributed by atoms with Crippen molar-refractivity contribution in [2.45, 2.75) is 18.9 Å². The minimum atomic E-state index is -1.02. The van der Waals surface area contributed by atoms with Crippen LogP contribution in [-0.2, 0) is 6.42 Å². The molecule has 0 saturated heterocycles. The first-order chi connectivity index (χ1) is 11.0. The Morgan fingerprint density at radius 1 is 1.22 bits per heavy atom. The maximum absolute atomic E-state index is 13.3. The highest BCUT2D eigenvalue weighted by Crippen LogP contribution is 2.32. The monoisotopic (exact) mass is 333 g/mol. The van der Waals surface area contributed by atoms with E-state index in [1.807, 2.05) is 0 Å². The van der Waals surface area contributed by atoms with E-state index < -0.39 is 17.7 Å². The highest BCUT2D eigenvalue weighted by atomic mass is 35.5. The lowest BCUT2D eigenvalue weighted by molar-refractivity contribution is 0.0696. The number of halogens is 2. The topological polar surface area (TPSA) is 66.4 Å². The fraction of sp³-hybridized carbons (Fsp3) is 0.176. The van der Waals surface area contributed by atoms with Crippen molar-refractivity contribution >= 4 is 23.5 Å². The summed E-state index contributed by atoms with van der Waals surface area (Å²) in [6, 6.07) is 8.18. The zero-order valence-electron chi connectivity index (χ0n) is 12.0. The fourth-order valence-electron chi connectivity index (χ4n) is 2.79. The van der Waals surface area contributed by atoms with Crippen molar-refractivity contribution in [1.82, 2.24) is 5.32 Å². The predicted octanol–water partition coefficient (Wildman–Crippen LogP) is 3.59. The second kappa shape index (κ2) is 6.01. The van der Waals surface area contributed by atoms with Gasteiger partial charge in [-0.25, -0.2) is 9.18 Å². The van der Waals surface area contributed by atoms with Gasteiger partial charge in [-0.3, -0.25) is 4.79 Å². The van der Waals surface area contributed by atoms with Crippen LogP contribution in [0.25, 0.3) is 0 Å². The number of carboxylic acids is 1. The van der Waals surface area contributed by atoms with E-state index in [1.165, 1.54) is 12.1 Å². The Morgan fingerprint density at radius 2 is 2.00 bits per heavy atom. The standard InChI is InChI=1S/C17H13ClFNO3/c18-14-5-4-11(19)8-13(14)16(21)20-15-6-3-9-1-2-10(17(22)23)7-12(9)15/h1-2,4-5,7-8,15H,3,6H2,(H,20,21)(H,22,23). The molecule has 0 heterocycles. The quantitative estimate of drug-likeness (QED) is 0.902. The molecule has 1 unspecified atom stereocenters. The van der Waals surface area contributed by atoms with Crippen LogP contribution in [0.4, 0.5) is 4.39 Å². The second-order valence-electron chi connectivity index (χ2n) is 5.41. The van der Waals surface area contributed by atoms with E-state index in [4.69, 9.17) is 16.7 Å². The van der Waals surface area contributed by atoms with E-state index in [0.717, 1.165) is 23.6 Å². The molecule has 0 saturated carbocycles. The van der Waals surface area contributed by atoms with E-state index in [9.17, 15) is 14.0 Å². The average molecular weight is 334 g/mol. The molecule has 6 heteroatoms. The third-order valence-electron chi connectivity index (χ3n) is 3.95. The molecule has 118 valence electrons. The minimum absolute atomic E-state index is 0.0644. The largest absolute Gasteiger partial charge is 0.478 e. The summed E-state index contributed by atoms with van der Waals surface area (Å²) in [5, 5.41) is 12.1. The lowest BCUT2D eigenvalue weighted by atomic mass is 10.0. The van der Waals surface area contributed by atoms with Crippen LogP contribution in [0.1, 0.15) is 44.3 Å². The summed E-state index contributed by atoms with van der Waals surface area (Å²) in [4.78, 5) is 23.4. The first-order valence-electron chi connectivity index (χ1n) is 7.08. The number of aryl methyl sites for hydroxylation is 1. The van der Waals surface area contributed by atoms with Crippen molar-refractivity contribution in [3.05, 3.63) is 69.5 Å². The molecule has 0 radical (unpaired) electrons. The number of amides is 1. The smallest absolute Gasteiger partial charge is 0.335 e. The lowest BCUT2D eigenvalue weighted by Gasteiger charge is -2.15. The molecule has 2 aromatic carbocycles. The van der Waals surface area contributed by atoms with Gasteiger partial charge in [-0.05, 0) is 54.3 Å². The molecule has 2 N–H and O–H groups in total. The van der Waals surface area contributed by atoms with E-state index >= 15 is 0 Å². The molecule has 23 heavy (non-hydrogen) atoms. The number of fused-ring (bicyclic) bond motifs is 1. The minimum Gasteiger partial charge on any atom is -0.478 e. The van der Waals surface area contributed by atoms with E-state index in [2.05, 4.69) is 5.32 Å². The first-order valence-corrected chi connectivity index (χ1v) is 7.45. The molecular weight excluding hydrogens is 321 g/mol.